The second kappa shape index (κ2) is 6.83. The monoisotopic (exact) mass is 403 g/mol. The van der Waals surface area contributed by atoms with Crippen molar-refractivity contribution in [2.75, 3.05) is 0 Å². The van der Waals surface area contributed by atoms with E-state index in [4.69, 9.17) is 4.74 Å². The fraction of sp³-hybridized carbons (Fsp3) is 0.773. The summed E-state index contributed by atoms with van der Waals surface area (Å²) < 4.78 is 6.29. The lowest BCUT2D eigenvalue weighted by molar-refractivity contribution is -0.144. The number of ether oxygens (including phenoxy) is 1. The highest BCUT2D eigenvalue weighted by molar-refractivity contribution is 6.00. The Morgan fingerprint density at radius 2 is 1.86 bits per heavy atom. The first kappa shape index (κ1) is 20.4. The van der Waals surface area contributed by atoms with Gasteiger partial charge in [-0.05, 0) is 47.5 Å². The third-order valence-electron chi connectivity index (χ3n) is 6.62. The fourth-order valence-corrected chi connectivity index (χ4v) is 5.57. The first-order valence-corrected chi connectivity index (χ1v) is 10.9. The number of fused-ring (bicyclic) bond motifs is 1. The third kappa shape index (κ3) is 3.18. The number of rotatable bonds is 4. The molecular formula is C22H33N3O4. The van der Waals surface area contributed by atoms with E-state index in [9.17, 15) is 14.4 Å². The number of carbonyl (C=O) groups excluding carboxylic acids is 3. The molecule has 29 heavy (non-hydrogen) atoms. The van der Waals surface area contributed by atoms with Gasteiger partial charge in [-0.2, -0.15) is 0 Å². The van der Waals surface area contributed by atoms with Gasteiger partial charge >= 0.3 is 0 Å². The van der Waals surface area contributed by atoms with Gasteiger partial charge in [0.25, 0.3) is 0 Å². The summed E-state index contributed by atoms with van der Waals surface area (Å²) in [5.41, 5.74) is -1.50. The number of hydrogen-bond acceptors (Lipinski definition) is 4. The van der Waals surface area contributed by atoms with Crippen LogP contribution in [0.2, 0.25) is 0 Å². The Morgan fingerprint density at radius 3 is 2.45 bits per heavy atom. The van der Waals surface area contributed by atoms with E-state index in [1.807, 2.05) is 46.8 Å². The van der Waals surface area contributed by atoms with E-state index in [1.165, 1.54) is 0 Å². The van der Waals surface area contributed by atoms with Crippen LogP contribution in [-0.2, 0) is 19.1 Å². The number of carbonyl (C=O) groups is 3. The molecule has 4 aliphatic rings. The molecule has 0 radical (unpaired) electrons. The van der Waals surface area contributed by atoms with Crippen LogP contribution >= 0.6 is 0 Å². The molecule has 7 nitrogen and oxygen atoms in total. The van der Waals surface area contributed by atoms with E-state index in [2.05, 4.69) is 10.6 Å². The van der Waals surface area contributed by atoms with E-state index in [1.54, 1.807) is 4.90 Å². The van der Waals surface area contributed by atoms with Crippen molar-refractivity contribution >= 4 is 17.7 Å². The molecule has 1 aliphatic carbocycles. The summed E-state index contributed by atoms with van der Waals surface area (Å²) in [6.45, 7) is 9.54. The highest BCUT2D eigenvalue weighted by atomic mass is 16.5. The third-order valence-corrected chi connectivity index (χ3v) is 6.62. The van der Waals surface area contributed by atoms with Gasteiger partial charge in [0.1, 0.15) is 11.6 Å². The van der Waals surface area contributed by atoms with Crippen molar-refractivity contribution in [2.24, 2.45) is 11.8 Å². The maximum absolute atomic E-state index is 13.5. The molecule has 0 aromatic carbocycles. The van der Waals surface area contributed by atoms with E-state index in [-0.39, 0.29) is 29.8 Å². The molecule has 1 saturated carbocycles. The Labute approximate surface area is 172 Å². The maximum Gasteiger partial charge on any atom is 0.246 e. The number of nitrogens with one attached hydrogen (secondary N) is 2. The normalized spacial score (nSPS) is 36.2. The largest absolute Gasteiger partial charge is 0.359 e. The van der Waals surface area contributed by atoms with Crippen LogP contribution in [0.4, 0.5) is 0 Å². The molecule has 0 unspecified atom stereocenters. The Bertz CT molecular complexity index is 750. The quantitative estimate of drug-likeness (QED) is 0.697. The van der Waals surface area contributed by atoms with Gasteiger partial charge in [-0.15, -0.1) is 0 Å². The second-order valence-corrected chi connectivity index (χ2v) is 10.3. The van der Waals surface area contributed by atoms with Crippen molar-refractivity contribution in [3.05, 3.63) is 12.2 Å². The highest BCUT2D eigenvalue weighted by Crippen LogP contribution is 2.55. The van der Waals surface area contributed by atoms with Crippen LogP contribution in [0.25, 0.3) is 0 Å². The molecule has 160 valence electrons. The van der Waals surface area contributed by atoms with Crippen LogP contribution in [0, 0.1) is 11.8 Å². The zero-order valence-electron chi connectivity index (χ0n) is 18.0. The summed E-state index contributed by atoms with van der Waals surface area (Å²) >= 11 is 0. The molecule has 0 aromatic heterocycles. The summed E-state index contributed by atoms with van der Waals surface area (Å²) in [5.74, 6) is -1.75. The minimum absolute atomic E-state index is 0.118. The SMILES string of the molecule is CC(C)N1C(=O)[C@H]2[C@@H](C(=O)NC3CCCC3)[C@H]3C=C[C@]2(O3)[C@H]1C(=O)NC(C)(C)C. The van der Waals surface area contributed by atoms with Crippen molar-refractivity contribution in [2.45, 2.75) is 95.7 Å². The number of amides is 3. The first-order chi connectivity index (χ1) is 13.5. The first-order valence-electron chi connectivity index (χ1n) is 10.9. The summed E-state index contributed by atoms with van der Waals surface area (Å²) in [6, 6.07) is -0.767. The van der Waals surface area contributed by atoms with Crippen LogP contribution in [0.1, 0.15) is 60.3 Å². The van der Waals surface area contributed by atoms with Crippen LogP contribution < -0.4 is 10.6 Å². The van der Waals surface area contributed by atoms with E-state index in [0.717, 1.165) is 25.7 Å². The van der Waals surface area contributed by atoms with Gasteiger partial charge in [-0.3, -0.25) is 14.4 Å². The standard InChI is InChI=1S/C22H33N3O4/c1-12(2)25-17(19(27)24-21(3,4)5)22-11-10-14(29-22)15(16(22)20(25)28)18(26)23-13-8-6-7-9-13/h10-17H,6-9H2,1-5H3,(H,23,26)(H,24,27)/t14-,15+,16-,17-,22-/m1/s1. The Morgan fingerprint density at radius 1 is 1.21 bits per heavy atom. The van der Waals surface area contributed by atoms with Gasteiger partial charge < -0.3 is 20.3 Å². The van der Waals surface area contributed by atoms with E-state index < -0.39 is 35.1 Å². The molecule has 2 N–H and O–H groups in total. The topological polar surface area (TPSA) is 87.7 Å². The predicted molar refractivity (Wildman–Crippen MR) is 108 cm³/mol. The number of hydrogen-bond donors (Lipinski definition) is 2. The van der Waals surface area contributed by atoms with Gasteiger partial charge in [-0.25, -0.2) is 0 Å². The lowest BCUT2D eigenvalue weighted by Crippen LogP contribution is -2.59. The molecule has 7 heteroatoms. The van der Waals surface area contributed by atoms with Crippen molar-refractivity contribution in [3.8, 4) is 0 Å². The Kier molecular flexibility index (Phi) is 4.80. The minimum Gasteiger partial charge on any atom is -0.359 e. The lowest BCUT2D eigenvalue weighted by Gasteiger charge is -2.36. The van der Waals surface area contributed by atoms with Gasteiger partial charge in [0.05, 0.1) is 17.9 Å². The number of likely N-dealkylation sites (tertiary alicyclic amines) is 1. The smallest absolute Gasteiger partial charge is 0.246 e. The average Bonchev–Trinajstić information content (AvgIpc) is 3.34. The number of nitrogens with zero attached hydrogens (tertiary/aromatic N) is 1. The summed E-state index contributed by atoms with van der Waals surface area (Å²) in [6.07, 6.45) is 7.48. The van der Waals surface area contributed by atoms with Gasteiger partial charge in [-0.1, -0.05) is 25.0 Å². The predicted octanol–water partition coefficient (Wildman–Crippen LogP) is 1.52. The minimum atomic E-state index is -1.07. The van der Waals surface area contributed by atoms with Gasteiger partial charge in [0.2, 0.25) is 17.7 Å². The highest BCUT2D eigenvalue weighted by Gasteiger charge is 2.73. The summed E-state index contributed by atoms with van der Waals surface area (Å²) in [4.78, 5) is 41.6. The Hall–Kier alpha value is -1.89. The fourth-order valence-electron chi connectivity index (χ4n) is 5.57. The Balaban J connectivity index is 1.66. The molecule has 5 atom stereocenters. The molecule has 2 bridgehead atoms. The maximum atomic E-state index is 13.5. The zero-order chi connectivity index (χ0) is 21.1. The van der Waals surface area contributed by atoms with E-state index in [0.29, 0.717) is 0 Å². The van der Waals surface area contributed by atoms with Crippen LogP contribution in [-0.4, -0.2) is 58.0 Å². The molecule has 3 fully saturated rings. The van der Waals surface area contributed by atoms with Gasteiger partial charge in [0.15, 0.2) is 0 Å². The van der Waals surface area contributed by atoms with E-state index >= 15 is 0 Å². The molecule has 0 aromatic rings. The summed E-state index contributed by atoms with van der Waals surface area (Å²) in [5, 5.41) is 6.15. The van der Waals surface area contributed by atoms with Crippen LogP contribution in [0.3, 0.4) is 0 Å². The van der Waals surface area contributed by atoms with Crippen molar-refractivity contribution in [1.82, 2.24) is 15.5 Å². The summed E-state index contributed by atoms with van der Waals surface area (Å²) in [7, 11) is 0. The molecule has 3 heterocycles. The van der Waals surface area contributed by atoms with Crippen molar-refractivity contribution in [1.29, 1.82) is 0 Å². The lowest BCUT2D eigenvalue weighted by atomic mass is 9.74. The molecular weight excluding hydrogens is 370 g/mol. The van der Waals surface area contributed by atoms with Crippen molar-refractivity contribution < 1.29 is 19.1 Å². The average molecular weight is 404 g/mol. The zero-order valence-corrected chi connectivity index (χ0v) is 18.0. The van der Waals surface area contributed by atoms with Crippen molar-refractivity contribution in [3.63, 3.8) is 0 Å². The molecule has 3 aliphatic heterocycles. The van der Waals surface area contributed by atoms with Crippen LogP contribution in [0.15, 0.2) is 12.2 Å². The molecule has 4 rings (SSSR count). The second-order valence-electron chi connectivity index (χ2n) is 10.3. The van der Waals surface area contributed by atoms with Gasteiger partial charge in [0, 0.05) is 17.6 Å². The van der Waals surface area contributed by atoms with Crippen LogP contribution in [0.5, 0.6) is 0 Å². The molecule has 1 spiro atoms. The molecule has 3 amide bonds. The molecule has 2 saturated heterocycles.